The highest BCUT2D eigenvalue weighted by atomic mass is 16.8. The largest absolute Gasteiger partial charge is 0.514 e. The number of rotatable bonds is 13. The van der Waals surface area contributed by atoms with Gasteiger partial charge in [-0.05, 0) is 78.5 Å². The summed E-state index contributed by atoms with van der Waals surface area (Å²) >= 11 is 0. The Bertz CT molecular complexity index is 965. The molecule has 0 aliphatic carbocycles. The van der Waals surface area contributed by atoms with Gasteiger partial charge in [-0.3, -0.25) is 4.79 Å². The second-order valence-electron chi connectivity index (χ2n) is 9.35. The van der Waals surface area contributed by atoms with E-state index >= 15 is 0 Å². The van der Waals surface area contributed by atoms with Crippen molar-refractivity contribution in [3.05, 3.63) is 23.8 Å². The third-order valence-corrected chi connectivity index (χ3v) is 5.47. The molecule has 12 nitrogen and oxygen atoms in total. The predicted octanol–water partition coefficient (Wildman–Crippen LogP) is 5.07. The van der Waals surface area contributed by atoms with Crippen molar-refractivity contribution in [1.82, 2.24) is 0 Å². The highest BCUT2D eigenvalue weighted by Gasteiger charge is 2.26. The fraction of sp³-hybridized carbons (Fsp3) is 0.630. The fourth-order valence-electron chi connectivity index (χ4n) is 2.74. The van der Waals surface area contributed by atoms with Crippen LogP contribution in [-0.4, -0.2) is 61.0 Å². The van der Waals surface area contributed by atoms with Gasteiger partial charge in [-0.2, -0.15) is 0 Å². The molecule has 220 valence electrons. The maximum absolute atomic E-state index is 12.6. The lowest BCUT2D eigenvalue weighted by molar-refractivity contribution is -0.155. The Morgan fingerprint density at radius 1 is 0.692 bits per heavy atom. The monoisotopic (exact) mass is 555 g/mol. The maximum Gasteiger partial charge on any atom is 0.514 e. The van der Waals surface area contributed by atoms with Crippen molar-refractivity contribution in [2.45, 2.75) is 111 Å². The first-order valence-corrected chi connectivity index (χ1v) is 13.0. The molecule has 1 aromatic carbocycles. The van der Waals surface area contributed by atoms with Crippen LogP contribution in [0.25, 0.3) is 0 Å². The molecule has 39 heavy (non-hydrogen) atoms. The van der Waals surface area contributed by atoms with E-state index in [0.29, 0.717) is 18.4 Å². The van der Waals surface area contributed by atoms with Gasteiger partial charge in [0.1, 0.15) is 30.5 Å². The highest BCUT2D eigenvalue weighted by molar-refractivity contribution is 5.76. The first kappa shape index (κ1) is 33.5. The lowest BCUT2D eigenvalue weighted by Crippen LogP contribution is -2.39. The second kappa shape index (κ2) is 16.4. The first-order valence-electron chi connectivity index (χ1n) is 13.0. The Hall–Kier alpha value is -3.54. The Kier molecular flexibility index (Phi) is 14.1. The van der Waals surface area contributed by atoms with Crippen LogP contribution in [0.1, 0.15) is 73.8 Å². The Balaban J connectivity index is 2.95. The zero-order valence-electron chi connectivity index (χ0n) is 23.9. The molecular weight excluding hydrogens is 514 g/mol. The van der Waals surface area contributed by atoms with E-state index in [1.165, 1.54) is 12.1 Å². The van der Waals surface area contributed by atoms with Gasteiger partial charge in [0.25, 0.3) is 0 Å². The number of ether oxygens (including phenoxy) is 7. The molecule has 0 aliphatic rings. The number of benzene rings is 1. The summed E-state index contributed by atoms with van der Waals surface area (Å²) in [5, 5.41) is 0. The van der Waals surface area contributed by atoms with Crippen LogP contribution in [0.2, 0.25) is 0 Å². The molecule has 0 saturated carbocycles. The average Bonchev–Trinajstić information content (AvgIpc) is 2.84. The lowest BCUT2D eigenvalue weighted by atomic mass is 10.1. The van der Waals surface area contributed by atoms with Gasteiger partial charge < -0.3 is 38.9 Å². The van der Waals surface area contributed by atoms with Gasteiger partial charge in [0, 0.05) is 0 Å². The molecule has 0 radical (unpaired) electrons. The van der Waals surface area contributed by atoms with E-state index in [4.69, 9.17) is 38.9 Å². The molecule has 0 aromatic heterocycles. The number of hydrogen-bond acceptors (Lipinski definition) is 12. The molecule has 0 fully saturated rings. The molecule has 0 saturated heterocycles. The average molecular weight is 556 g/mol. The zero-order chi connectivity index (χ0) is 29.7. The molecule has 0 amide bonds. The summed E-state index contributed by atoms with van der Waals surface area (Å²) in [4.78, 5) is 48.6. The number of esters is 1. The van der Waals surface area contributed by atoms with Crippen LogP contribution in [0, 0.1) is 0 Å². The van der Waals surface area contributed by atoms with Crippen molar-refractivity contribution in [3.63, 3.8) is 0 Å². The number of carbonyl (C=O) groups is 4. The van der Waals surface area contributed by atoms with Gasteiger partial charge in [0.15, 0.2) is 11.5 Å². The van der Waals surface area contributed by atoms with E-state index in [-0.39, 0.29) is 30.1 Å². The molecule has 0 spiro atoms. The summed E-state index contributed by atoms with van der Waals surface area (Å²) in [6.07, 6.45) is -4.42. The SMILES string of the molecule is CCC(C)OC(=O)Oc1ccc(C[C@H](N)C(=O)O[C@@H](C)[C@H](C)OC(=O)OC(C)C)cc1OC(=O)OC(C)CC. The molecule has 12 heteroatoms. The van der Waals surface area contributed by atoms with Crippen LogP contribution in [-0.2, 0) is 34.9 Å². The summed E-state index contributed by atoms with van der Waals surface area (Å²) in [6.45, 7) is 13.5. The van der Waals surface area contributed by atoms with E-state index in [1.54, 1.807) is 47.6 Å². The van der Waals surface area contributed by atoms with Crippen LogP contribution in [0.3, 0.4) is 0 Å². The highest BCUT2D eigenvalue weighted by Crippen LogP contribution is 2.30. The minimum atomic E-state index is -1.11. The molecule has 2 unspecified atom stereocenters. The lowest BCUT2D eigenvalue weighted by Gasteiger charge is -2.22. The van der Waals surface area contributed by atoms with Gasteiger partial charge in [0.2, 0.25) is 0 Å². The quantitative estimate of drug-likeness (QED) is 0.196. The van der Waals surface area contributed by atoms with Gasteiger partial charge >= 0.3 is 24.4 Å². The summed E-state index contributed by atoms with van der Waals surface area (Å²) in [5.74, 6) is -0.954. The molecule has 0 aliphatic heterocycles. The third kappa shape index (κ3) is 12.7. The summed E-state index contributed by atoms with van der Waals surface area (Å²) in [7, 11) is 0. The molecule has 2 N–H and O–H groups in total. The minimum absolute atomic E-state index is 0.00938. The van der Waals surface area contributed by atoms with Crippen molar-refractivity contribution in [3.8, 4) is 11.5 Å². The summed E-state index contributed by atoms with van der Waals surface area (Å²) in [6, 6.07) is 3.22. The van der Waals surface area contributed by atoms with E-state index in [0.717, 1.165) is 0 Å². The standard InChI is InChI=1S/C27H41NO11/c1-9-16(5)34-26(31)38-22-12-11-20(14-23(22)39-27(32)35-17(6)10-2)13-21(28)24(29)36-18(7)19(8)37-25(30)33-15(3)4/h11-12,14-19,21H,9-10,13,28H2,1-8H3/t16?,17?,18-,19-,21-/m0/s1. The van der Waals surface area contributed by atoms with E-state index in [1.807, 2.05) is 13.8 Å². The molecule has 5 atom stereocenters. The summed E-state index contributed by atoms with van der Waals surface area (Å²) in [5.41, 5.74) is 6.52. The Morgan fingerprint density at radius 3 is 1.72 bits per heavy atom. The van der Waals surface area contributed by atoms with E-state index in [9.17, 15) is 19.2 Å². The molecule has 1 aromatic rings. The third-order valence-electron chi connectivity index (χ3n) is 5.47. The molecule has 0 heterocycles. The minimum Gasteiger partial charge on any atom is -0.458 e. The van der Waals surface area contributed by atoms with Gasteiger partial charge in [0.05, 0.1) is 6.10 Å². The molecule has 0 bridgehead atoms. The van der Waals surface area contributed by atoms with Crippen LogP contribution in [0.15, 0.2) is 18.2 Å². The van der Waals surface area contributed by atoms with Crippen LogP contribution in [0.4, 0.5) is 14.4 Å². The van der Waals surface area contributed by atoms with Gasteiger partial charge in [-0.1, -0.05) is 19.9 Å². The van der Waals surface area contributed by atoms with Crippen molar-refractivity contribution < 1.29 is 52.3 Å². The number of carbonyl (C=O) groups excluding carboxylic acids is 4. The number of nitrogens with two attached hydrogens (primary N) is 1. The van der Waals surface area contributed by atoms with Crippen molar-refractivity contribution in [2.75, 3.05) is 0 Å². The van der Waals surface area contributed by atoms with E-state index in [2.05, 4.69) is 0 Å². The van der Waals surface area contributed by atoms with Crippen LogP contribution < -0.4 is 15.2 Å². The topological polar surface area (TPSA) is 159 Å². The molecular formula is C27H41NO11. The maximum atomic E-state index is 12.6. The predicted molar refractivity (Wildman–Crippen MR) is 140 cm³/mol. The Labute approximate surface area is 229 Å². The summed E-state index contributed by atoms with van der Waals surface area (Å²) < 4.78 is 36.1. The van der Waals surface area contributed by atoms with Crippen molar-refractivity contribution >= 4 is 24.4 Å². The first-order chi connectivity index (χ1) is 18.2. The zero-order valence-corrected chi connectivity index (χ0v) is 23.9. The van der Waals surface area contributed by atoms with Crippen molar-refractivity contribution in [1.29, 1.82) is 0 Å². The van der Waals surface area contributed by atoms with E-state index < -0.39 is 48.8 Å². The second-order valence-corrected chi connectivity index (χ2v) is 9.35. The smallest absolute Gasteiger partial charge is 0.458 e. The Morgan fingerprint density at radius 2 is 1.21 bits per heavy atom. The fourth-order valence-corrected chi connectivity index (χ4v) is 2.74. The number of hydrogen-bond donors (Lipinski definition) is 1. The van der Waals surface area contributed by atoms with Crippen molar-refractivity contribution in [2.24, 2.45) is 5.73 Å². The van der Waals surface area contributed by atoms with Gasteiger partial charge in [-0.15, -0.1) is 0 Å². The van der Waals surface area contributed by atoms with Crippen LogP contribution in [0.5, 0.6) is 11.5 Å². The van der Waals surface area contributed by atoms with Crippen LogP contribution >= 0.6 is 0 Å². The normalized spacial score (nSPS) is 14.7. The van der Waals surface area contributed by atoms with Gasteiger partial charge in [-0.25, -0.2) is 14.4 Å². The molecule has 1 rings (SSSR count).